The molecule has 0 unspecified atom stereocenters. The van der Waals surface area contributed by atoms with Crippen molar-refractivity contribution in [2.45, 2.75) is 70.2 Å². The Hall–Kier alpha value is -3.43. The second kappa shape index (κ2) is 14.1. The Morgan fingerprint density at radius 3 is 2.43 bits per heavy atom. The van der Waals surface area contributed by atoms with Gasteiger partial charge in [-0.1, -0.05) is 6.07 Å². The number of nitriles is 1. The van der Waals surface area contributed by atoms with Crippen LogP contribution in [0.4, 0.5) is 27.8 Å². The maximum atomic E-state index is 13.0. The van der Waals surface area contributed by atoms with E-state index in [1.165, 1.54) is 12.4 Å². The van der Waals surface area contributed by atoms with E-state index >= 15 is 0 Å². The molecule has 2 aliphatic rings. The van der Waals surface area contributed by atoms with E-state index in [1.54, 1.807) is 0 Å². The van der Waals surface area contributed by atoms with Crippen molar-refractivity contribution < 1.29 is 30.4 Å². The Morgan fingerprint density at radius 2 is 1.78 bits per heavy atom. The number of hydrogen-bond acceptors (Lipinski definition) is 9. The number of anilines is 1. The summed E-state index contributed by atoms with van der Waals surface area (Å²) < 4.78 is 91.3. The quantitative estimate of drug-likeness (QED) is 0.212. The van der Waals surface area contributed by atoms with Crippen LogP contribution in [0.3, 0.4) is 0 Å². The number of aromatic nitrogens is 3. The third-order valence-corrected chi connectivity index (χ3v) is 12.2. The molecule has 0 spiro atoms. The fourth-order valence-electron chi connectivity index (χ4n) is 6.85. The van der Waals surface area contributed by atoms with E-state index < -0.39 is 28.4 Å². The molecule has 3 aromatic heterocycles. The van der Waals surface area contributed by atoms with Crippen LogP contribution in [0.5, 0.6) is 0 Å². The van der Waals surface area contributed by atoms with Gasteiger partial charge in [-0.2, -0.15) is 31.5 Å². The number of likely N-dealkylation sites (tertiary alicyclic amines) is 1. The average molecular weight is 725 g/mol. The van der Waals surface area contributed by atoms with Gasteiger partial charge < -0.3 is 9.88 Å². The SMILES string of the molecule is Cc1c(CN2CCC(Nc3ncnc4sc(CC(F)(F)F)cc34)CC2)ccc2c1cc(C#N)n2C[C@H](C)N1CCN(S(=O)(=O)C(F)F)CC1. The van der Waals surface area contributed by atoms with Crippen molar-refractivity contribution >= 4 is 48.3 Å². The number of sulfonamides is 1. The minimum atomic E-state index is -4.60. The van der Waals surface area contributed by atoms with Crippen molar-refractivity contribution in [2.75, 3.05) is 44.6 Å². The zero-order valence-electron chi connectivity index (χ0n) is 27.1. The summed E-state index contributed by atoms with van der Waals surface area (Å²) in [6, 6.07) is 9.91. The number of benzene rings is 1. The summed E-state index contributed by atoms with van der Waals surface area (Å²) >= 11 is 1.04. The minimum Gasteiger partial charge on any atom is -0.367 e. The van der Waals surface area contributed by atoms with Gasteiger partial charge in [0.25, 0.3) is 10.0 Å². The highest BCUT2D eigenvalue weighted by Gasteiger charge is 2.35. The van der Waals surface area contributed by atoms with Gasteiger partial charge in [0, 0.05) is 80.2 Å². The number of halogens is 5. The fourth-order valence-corrected chi connectivity index (χ4v) is 8.77. The summed E-state index contributed by atoms with van der Waals surface area (Å²) in [7, 11) is -4.60. The van der Waals surface area contributed by atoms with Crippen LogP contribution in [0.1, 0.15) is 41.5 Å². The predicted molar refractivity (Wildman–Crippen MR) is 178 cm³/mol. The molecule has 0 radical (unpaired) electrons. The number of aryl methyl sites for hydroxylation is 1. The number of alkyl halides is 5. The zero-order valence-corrected chi connectivity index (χ0v) is 28.7. The number of fused-ring (bicyclic) bond motifs is 2. The van der Waals surface area contributed by atoms with Crippen LogP contribution in [0.25, 0.3) is 21.1 Å². The van der Waals surface area contributed by atoms with Gasteiger partial charge in [-0.15, -0.1) is 11.3 Å². The number of rotatable bonds is 10. The van der Waals surface area contributed by atoms with Crippen molar-refractivity contribution in [1.82, 2.24) is 28.6 Å². The van der Waals surface area contributed by atoms with Crippen LogP contribution in [0, 0.1) is 18.3 Å². The molecule has 49 heavy (non-hydrogen) atoms. The molecule has 5 heterocycles. The second-order valence-electron chi connectivity index (χ2n) is 12.8. The van der Waals surface area contributed by atoms with Gasteiger partial charge in [-0.3, -0.25) is 9.80 Å². The minimum absolute atomic E-state index is 0.00434. The van der Waals surface area contributed by atoms with Crippen molar-refractivity contribution in [3.63, 3.8) is 0 Å². The van der Waals surface area contributed by atoms with E-state index in [2.05, 4.69) is 44.1 Å². The Balaban J connectivity index is 1.08. The van der Waals surface area contributed by atoms with Crippen molar-refractivity contribution in [3.8, 4) is 6.07 Å². The van der Waals surface area contributed by atoms with Crippen LogP contribution < -0.4 is 5.32 Å². The molecule has 6 rings (SSSR count). The molecule has 4 aromatic rings. The molecule has 0 saturated carbocycles. The summed E-state index contributed by atoms with van der Waals surface area (Å²) in [5.74, 6) is -2.87. The average Bonchev–Trinajstić information content (AvgIpc) is 3.63. The maximum Gasteiger partial charge on any atom is 0.393 e. The van der Waals surface area contributed by atoms with Crippen molar-refractivity contribution in [2.24, 2.45) is 0 Å². The number of hydrogen-bond donors (Lipinski definition) is 1. The Bertz CT molecular complexity index is 1960. The Kier molecular flexibility index (Phi) is 10.2. The molecular weight excluding hydrogens is 688 g/mol. The second-order valence-corrected chi connectivity index (χ2v) is 15.8. The number of nitrogens with one attached hydrogen (secondary N) is 1. The van der Waals surface area contributed by atoms with Crippen LogP contribution in [-0.4, -0.2) is 100 Å². The molecule has 2 aliphatic heterocycles. The third kappa shape index (κ3) is 7.68. The van der Waals surface area contributed by atoms with E-state index in [4.69, 9.17) is 0 Å². The highest BCUT2D eigenvalue weighted by atomic mass is 32.2. The van der Waals surface area contributed by atoms with Gasteiger partial charge in [0.05, 0.1) is 11.8 Å². The topological polar surface area (TPSA) is 110 Å². The smallest absolute Gasteiger partial charge is 0.367 e. The molecule has 0 bridgehead atoms. The first-order valence-corrected chi connectivity index (χ1v) is 18.4. The van der Waals surface area contributed by atoms with E-state index in [-0.39, 0.29) is 30.1 Å². The molecule has 17 heteroatoms. The molecule has 10 nitrogen and oxygen atoms in total. The van der Waals surface area contributed by atoms with Gasteiger partial charge in [-0.05, 0) is 56.0 Å². The van der Waals surface area contributed by atoms with Crippen LogP contribution >= 0.6 is 11.3 Å². The molecule has 0 amide bonds. The van der Waals surface area contributed by atoms with E-state index in [0.29, 0.717) is 41.4 Å². The monoisotopic (exact) mass is 724 g/mol. The predicted octanol–water partition coefficient (Wildman–Crippen LogP) is 5.57. The Labute approximate surface area is 285 Å². The standard InChI is InChI=1S/C32H37F5N8O2S2/c1-20(43-9-11-44(12-10-43)49(46,47)31(33)34)17-45-24(16-38)13-26-21(2)22(3-4-28(26)45)18-42-7-5-23(6-8-42)41-29-27-14-25(15-32(35,36)37)48-30(27)40-19-39-29/h3-4,13-14,19-20,23,31H,5-12,15,17-18H2,1-2H3,(H,39,40,41)/t20-/m0/s1. The largest absolute Gasteiger partial charge is 0.393 e. The fraction of sp³-hybridized carbons (Fsp3) is 0.531. The third-order valence-electron chi connectivity index (χ3n) is 9.59. The molecule has 2 fully saturated rings. The first-order valence-electron chi connectivity index (χ1n) is 16.1. The number of thiophene rings is 1. The van der Waals surface area contributed by atoms with Crippen molar-refractivity contribution in [1.29, 1.82) is 5.26 Å². The molecule has 264 valence electrons. The van der Waals surface area contributed by atoms with Gasteiger partial charge >= 0.3 is 11.9 Å². The lowest BCUT2D eigenvalue weighted by Gasteiger charge is -2.37. The maximum absolute atomic E-state index is 13.0. The number of piperazine rings is 1. The molecule has 1 aromatic carbocycles. The van der Waals surface area contributed by atoms with Crippen LogP contribution in [0.2, 0.25) is 0 Å². The Morgan fingerprint density at radius 1 is 1.06 bits per heavy atom. The van der Waals surface area contributed by atoms with Gasteiger partial charge in [-0.25, -0.2) is 18.4 Å². The first kappa shape index (κ1) is 35.4. The van der Waals surface area contributed by atoms with Gasteiger partial charge in [0.15, 0.2) is 0 Å². The molecule has 1 N–H and O–H groups in total. The van der Waals surface area contributed by atoms with Crippen molar-refractivity contribution in [3.05, 3.63) is 52.3 Å². The van der Waals surface area contributed by atoms with Crippen LogP contribution in [-0.2, 0) is 29.5 Å². The normalized spacial score (nSPS) is 18.4. The first-order chi connectivity index (χ1) is 23.2. The van der Waals surface area contributed by atoms with E-state index in [0.717, 1.165) is 70.1 Å². The van der Waals surface area contributed by atoms with Gasteiger partial charge in [0.2, 0.25) is 0 Å². The molecule has 0 aliphatic carbocycles. The lowest BCUT2D eigenvalue weighted by Crippen LogP contribution is -2.53. The summed E-state index contributed by atoms with van der Waals surface area (Å²) in [6.45, 7) is 7.54. The molecule has 2 saturated heterocycles. The summed E-state index contributed by atoms with van der Waals surface area (Å²) in [6.07, 6.45) is -2.22. The highest BCUT2D eigenvalue weighted by Crippen LogP contribution is 2.34. The highest BCUT2D eigenvalue weighted by molar-refractivity contribution is 7.89. The summed E-state index contributed by atoms with van der Waals surface area (Å²) in [5.41, 5.74) is 3.68. The zero-order chi connectivity index (χ0) is 35.1. The molecule has 1 atom stereocenters. The number of nitrogens with zero attached hydrogens (tertiary/aromatic N) is 7. The van der Waals surface area contributed by atoms with Gasteiger partial charge in [0.1, 0.15) is 28.7 Å². The number of piperidine rings is 1. The summed E-state index contributed by atoms with van der Waals surface area (Å²) in [4.78, 5) is 13.7. The summed E-state index contributed by atoms with van der Waals surface area (Å²) in [5, 5.41) is 15.0. The van der Waals surface area contributed by atoms with E-state index in [9.17, 15) is 35.6 Å². The lowest BCUT2D eigenvalue weighted by molar-refractivity contribution is -0.126. The molecular formula is C32H37F5N8O2S2. The lowest BCUT2D eigenvalue weighted by atomic mass is 10.0. The van der Waals surface area contributed by atoms with E-state index in [1.807, 2.05) is 23.6 Å². The van der Waals surface area contributed by atoms with Crippen LogP contribution in [0.15, 0.2) is 30.6 Å².